The highest BCUT2D eigenvalue weighted by atomic mass is 32.1. The van der Waals surface area contributed by atoms with Gasteiger partial charge >= 0.3 is 0 Å². The van der Waals surface area contributed by atoms with Crippen molar-refractivity contribution in [2.45, 2.75) is 0 Å². The number of anilines is 9. The summed E-state index contributed by atoms with van der Waals surface area (Å²) in [6, 6.07) is 86.3. The molecule has 13 aromatic rings. The first kappa shape index (κ1) is 38.7. The smallest absolute Gasteiger partial charge is 0.0575 e. The molecule has 13 rings (SSSR count). The molecule has 0 aliphatic rings. The fraction of sp³-hybridized carbons (Fsp3) is 0. The lowest BCUT2D eigenvalue weighted by Crippen LogP contribution is -2.13. The van der Waals surface area contributed by atoms with Gasteiger partial charge in [-0.3, -0.25) is 0 Å². The number of hydrogen-bond acceptors (Lipinski definition) is 6. The van der Waals surface area contributed by atoms with Gasteiger partial charge in [0.05, 0.1) is 5.69 Å². The maximum atomic E-state index is 2.43. The average Bonchev–Trinajstić information content (AvgIpc) is 4.06. The Bertz CT molecular complexity index is 3860. The topological polar surface area (TPSA) is 9.72 Å². The SMILES string of the molecule is c1ccc(N(c2ccc3c(c2)sc2ccc(N(c4ccccc4)c4ccc5sc6ccccc6c5c4)cc23)c2cc(N(c3ccccc3)c3ccccc3)c3c(c2)sc2ccccc23)cc1. The van der Waals surface area contributed by atoms with E-state index in [4.69, 9.17) is 0 Å². The number of thiophene rings is 3. The summed E-state index contributed by atoms with van der Waals surface area (Å²) >= 11 is 5.57. The molecule has 0 aliphatic carbocycles. The van der Waals surface area contributed by atoms with Gasteiger partial charge in [-0.2, -0.15) is 0 Å². The molecule has 3 aromatic heterocycles. The van der Waals surface area contributed by atoms with Gasteiger partial charge in [0.25, 0.3) is 0 Å². The molecule has 0 saturated carbocycles. The average molecular weight is 898 g/mol. The maximum Gasteiger partial charge on any atom is 0.0575 e. The Hall–Kier alpha value is -7.74. The van der Waals surface area contributed by atoms with Crippen LogP contribution >= 0.6 is 34.0 Å². The van der Waals surface area contributed by atoms with Crippen LogP contribution in [0.5, 0.6) is 0 Å². The molecule has 6 heteroatoms. The van der Waals surface area contributed by atoms with Gasteiger partial charge in [-0.25, -0.2) is 0 Å². The van der Waals surface area contributed by atoms with Crippen LogP contribution in [-0.4, -0.2) is 0 Å². The summed E-state index contributed by atoms with van der Waals surface area (Å²) in [5.74, 6) is 0. The molecular formula is C60H39N3S3. The largest absolute Gasteiger partial charge is 0.310 e. The lowest BCUT2D eigenvalue weighted by atomic mass is 10.1. The van der Waals surface area contributed by atoms with Gasteiger partial charge in [-0.15, -0.1) is 34.0 Å². The van der Waals surface area contributed by atoms with Crippen molar-refractivity contribution in [2.75, 3.05) is 14.7 Å². The Morgan fingerprint density at radius 1 is 0.212 bits per heavy atom. The Kier molecular flexibility index (Phi) is 9.41. The Balaban J connectivity index is 0.977. The molecule has 0 atom stereocenters. The summed E-state index contributed by atoms with van der Waals surface area (Å²) in [4.78, 5) is 7.24. The highest BCUT2D eigenvalue weighted by Gasteiger charge is 2.24. The second-order valence-electron chi connectivity index (χ2n) is 16.5. The van der Waals surface area contributed by atoms with Gasteiger partial charge < -0.3 is 14.7 Å². The van der Waals surface area contributed by atoms with Crippen molar-refractivity contribution < 1.29 is 0 Å². The van der Waals surface area contributed by atoms with Crippen molar-refractivity contribution in [3.8, 4) is 0 Å². The zero-order chi connectivity index (χ0) is 43.6. The lowest BCUT2D eigenvalue weighted by Gasteiger charge is -2.30. The van der Waals surface area contributed by atoms with E-state index in [1.165, 1.54) is 60.5 Å². The molecule has 0 spiro atoms. The Morgan fingerprint density at radius 3 is 1.17 bits per heavy atom. The van der Waals surface area contributed by atoms with Crippen LogP contribution in [0.15, 0.2) is 237 Å². The van der Waals surface area contributed by atoms with Crippen LogP contribution in [0.4, 0.5) is 51.2 Å². The number of rotatable bonds is 9. The minimum atomic E-state index is 1.10. The molecule has 0 unspecified atom stereocenters. The molecule has 66 heavy (non-hydrogen) atoms. The summed E-state index contributed by atoms with van der Waals surface area (Å²) in [6.45, 7) is 0. The van der Waals surface area contributed by atoms with Gasteiger partial charge in [0.2, 0.25) is 0 Å². The van der Waals surface area contributed by atoms with Crippen molar-refractivity contribution in [3.63, 3.8) is 0 Å². The van der Waals surface area contributed by atoms with E-state index >= 15 is 0 Å². The molecule has 0 amide bonds. The third-order valence-corrected chi connectivity index (χ3v) is 16.0. The van der Waals surface area contributed by atoms with Crippen molar-refractivity contribution in [1.29, 1.82) is 0 Å². The second kappa shape index (κ2) is 16.1. The second-order valence-corrected chi connectivity index (χ2v) is 19.8. The van der Waals surface area contributed by atoms with E-state index < -0.39 is 0 Å². The van der Waals surface area contributed by atoms with Crippen LogP contribution in [0.1, 0.15) is 0 Å². The summed E-state index contributed by atoms with van der Waals surface area (Å²) in [5, 5.41) is 7.61. The monoisotopic (exact) mass is 897 g/mol. The summed E-state index contributed by atoms with van der Waals surface area (Å²) < 4.78 is 7.64. The van der Waals surface area contributed by atoms with Crippen LogP contribution in [0, 0.1) is 0 Å². The predicted octanol–water partition coefficient (Wildman–Crippen LogP) is 19.2. The molecule has 0 saturated heterocycles. The lowest BCUT2D eigenvalue weighted by molar-refractivity contribution is 1.27. The normalized spacial score (nSPS) is 11.6. The van der Waals surface area contributed by atoms with Gasteiger partial charge in [-0.05, 0) is 121 Å². The van der Waals surface area contributed by atoms with E-state index in [1.54, 1.807) is 0 Å². The molecule has 10 aromatic carbocycles. The molecule has 3 heterocycles. The molecular weight excluding hydrogens is 859 g/mol. The van der Waals surface area contributed by atoms with Gasteiger partial charge in [0, 0.05) is 106 Å². The van der Waals surface area contributed by atoms with Crippen molar-refractivity contribution in [1.82, 2.24) is 0 Å². The third kappa shape index (κ3) is 6.61. The molecule has 0 N–H and O–H groups in total. The van der Waals surface area contributed by atoms with Crippen LogP contribution in [-0.2, 0) is 0 Å². The first-order chi connectivity index (χ1) is 32.7. The standard InChI is InChI=1S/C60H39N3S3/c1-5-17-40(18-6-1)61(44-30-33-56-51(35-44)48-25-13-15-27-54(48)64-56)45-31-34-57-52(36-45)49-32-29-46(38-58(49)65-57)62(41-19-7-2-8-20-41)47-37-53(60-50-26-14-16-28-55(50)66-59(60)39-47)63(42-21-9-3-10-22-42)43-23-11-4-12-24-43/h1-39H. The van der Waals surface area contributed by atoms with Gasteiger partial charge in [-0.1, -0.05) is 115 Å². The number of benzene rings is 10. The first-order valence-corrected chi connectivity index (χ1v) is 24.6. The highest BCUT2D eigenvalue weighted by Crippen LogP contribution is 2.50. The minimum absolute atomic E-state index is 1.10. The van der Waals surface area contributed by atoms with Crippen LogP contribution < -0.4 is 14.7 Å². The number of nitrogens with zero attached hydrogens (tertiary/aromatic N) is 3. The summed E-state index contributed by atoms with van der Waals surface area (Å²) in [6.07, 6.45) is 0. The van der Waals surface area contributed by atoms with Crippen molar-refractivity contribution in [3.05, 3.63) is 237 Å². The first-order valence-electron chi connectivity index (χ1n) is 22.2. The fourth-order valence-corrected chi connectivity index (χ4v) is 13.0. The Labute approximate surface area is 394 Å². The van der Waals surface area contributed by atoms with E-state index in [0.717, 1.165) is 51.2 Å². The summed E-state index contributed by atoms with van der Waals surface area (Å²) in [5.41, 5.74) is 10.1. The van der Waals surface area contributed by atoms with Gasteiger partial charge in [0.15, 0.2) is 0 Å². The number of fused-ring (bicyclic) bond motifs is 9. The van der Waals surface area contributed by atoms with E-state index in [0.29, 0.717) is 0 Å². The molecule has 0 bridgehead atoms. The summed E-state index contributed by atoms with van der Waals surface area (Å²) in [7, 11) is 0. The molecule has 3 nitrogen and oxygen atoms in total. The molecule has 0 fully saturated rings. The van der Waals surface area contributed by atoms with Crippen LogP contribution in [0.3, 0.4) is 0 Å². The fourth-order valence-electron chi connectivity index (χ4n) is 9.64. The third-order valence-electron chi connectivity index (χ3n) is 12.6. The van der Waals surface area contributed by atoms with Crippen molar-refractivity contribution >= 4 is 146 Å². The van der Waals surface area contributed by atoms with E-state index in [2.05, 4.69) is 251 Å². The zero-order valence-electron chi connectivity index (χ0n) is 35.6. The highest BCUT2D eigenvalue weighted by molar-refractivity contribution is 7.26. The van der Waals surface area contributed by atoms with E-state index in [-0.39, 0.29) is 0 Å². The van der Waals surface area contributed by atoms with E-state index in [9.17, 15) is 0 Å². The molecule has 312 valence electrons. The maximum absolute atomic E-state index is 2.43. The molecule has 0 aliphatic heterocycles. The minimum Gasteiger partial charge on any atom is -0.310 e. The van der Waals surface area contributed by atoms with Crippen LogP contribution in [0.2, 0.25) is 0 Å². The number of hydrogen-bond donors (Lipinski definition) is 0. The van der Waals surface area contributed by atoms with Gasteiger partial charge in [0.1, 0.15) is 0 Å². The Morgan fingerprint density at radius 2 is 0.591 bits per heavy atom. The molecule has 0 radical (unpaired) electrons. The number of para-hydroxylation sites is 4. The van der Waals surface area contributed by atoms with E-state index in [1.807, 2.05) is 34.0 Å². The predicted molar refractivity (Wildman–Crippen MR) is 289 cm³/mol. The zero-order valence-corrected chi connectivity index (χ0v) is 38.0. The van der Waals surface area contributed by atoms with Crippen LogP contribution in [0.25, 0.3) is 60.5 Å². The quantitative estimate of drug-likeness (QED) is 0.143. The van der Waals surface area contributed by atoms with Crippen molar-refractivity contribution in [2.24, 2.45) is 0 Å².